The SMILES string of the molecule is C=C(C)Cc1ccccc1.[C-]#[O+].[C-]#[O+].[C-]#[O+].[Fe]. The summed E-state index contributed by atoms with van der Waals surface area (Å²) in [6, 6.07) is 10.4. The van der Waals surface area contributed by atoms with E-state index in [1.807, 2.05) is 13.0 Å². The molecule has 0 saturated carbocycles. The topological polar surface area (TPSA) is 59.7 Å². The summed E-state index contributed by atoms with van der Waals surface area (Å²) >= 11 is 0. The summed E-state index contributed by atoms with van der Waals surface area (Å²) < 4.78 is 22.5. The first kappa shape index (κ1) is 24.8. The van der Waals surface area contributed by atoms with Crippen molar-refractivity contribution in [2.45, 2.75) is 13.3 Å². The van der Waals surface area contributed by atoms with Gasteiger partial charge in [-0.15, -0.1) is 0 Å². The molecule has 0 heterocycles. The standard InChI is InChI=1S/C10H12.3CO.Fe/c1-9(2)8-10-6-4-3-5-7-10;3*1-2;/h3-7H,1,8H2,2H3;;;;. The monoisotopic (exact) mass is 272 g/mol. The predicted octanol–water partition coefficient (Wildman–Crippen LogP) is 2.69. The van der Waals surface area contributed by atoms with Gasteiger partial charge in [0.2, 0.25) is 0 Å². The molecule has 0 spiro atoms. The van der Waals surface area contributed by atoms with Gasteiger partial charge in [-0.25, -0.2) is 0 Å². The molecule has 0 aliphatic heterocycles. The average Bonchev–Trinajstić information content (AvgIpc) is 2.37. The first-order valence-corrected chi connectivity index (χ1v) is 4.08. The number of hydrogen-bond acceptors (Lipinski definition) is 0. The molecule has 1 aromatic rings. The van der Waals surface area contributed by atoms with Gasteiger partial charge >= 0.3 is 33.9 Å². The smallest absolute Gasteiger partial charge is 0 e. The zero-order chi connectivity index (χ0) is 13.4. The second kappa shape index (κ2) is 24.1. The molecular formula is C13H12FeO3. The molecule has 0 unspecified atom stereocenters. The van der Waals surface area contributed by atoms with Crippen LogP contribution in [0.3, 0.4) is 0 Å². The Labute approximate surface area is 113 Å². The van der Waals surface area contributed by atoms with Crippen molar-refractivity contribution in [3.63, 3.8) is 0 Å². The van der Waals surface area contributed by atoms with Crippen molar-refractivity contribution in [1.82, 2.24) is 0 Å². The van der Waals surface area contributed by atoms with Gasteiger partial charge in [0.15, 0.2) is 0 Å². The summed E-state index contributed by atoms with van der Waals surface area (Å²) in [6.07, 6.45) is 1.00. The molecule has 1 aromatic carbocycles. The molecule has 0 saturated heterocycles. The maximum atomic E-state index is 7.50. The molecule has 1 rings (SSSR count). The minimum atomic E-state index is 0. The van der Waals surface area contributed by atoms with Crippen LogP contribution in [-0.4, -0.2) is 0 Å². The van der Waals surface area contributed by atoms with E-state index >= 15 is 0 Å². The maximum Gasteiger partial charge on any atom is 0 e. The van der Waals surface area contributed by atoms with E-state index in [1.54, 1.807) is 0 Å². The van der Waals surface area contributed by atoms with Crippen LogP contribution >= 0.6 is 0 Å². The molecule has 0 radical (unpaired) electrons. The van der Waals surface area contributed by atoms with Crippen molar-refractivity contribution in [3.05, 3.63) is 68.0 Å². The first-order chi connectivity index (χ1) is 7.79. The molecule has 0 aromatic heterocycles. The molecular weight excluding hydrogens is 260 g/mol. The van der Waals surface area contributed by atoms with Gasteiger partial charge in [-0.1, -0.05) is 42.5 Å². The first-order valence-electron chi connectivity index (χ1n) is 4.08. The summed E-state index contributed by atoms with van der Waals surface area (Å²) in [5.74, 6) is 0. The van der Waals surface area contributed by atoms with Gasteiger partial charge in [0.25, 0.3) is 0 Å². The zero-order valence-electron chi connectivity index (χ0n) is 9.38. The minimum Gasteiger partial charge on any atom is 0 e. The molecule has 3 nitrogen and oxygen atoms in total. The Balaban J connectivity index is -0.000000106. The Bertz CT molecular complexity index is 311. The second-order valence-corrected chi connectivity index (χ2v) is 2.62. The number of allylic oxidation sites excluding steroid dienone is 1. The quantitative estimate of drug-likeness (QED) is 0.344. The summed E-state index contributed by atoms with van der Waals surface area (Å²) in [5.41, 5.74) is 2.56. The molecule has 90 valence electrons. The van der Waals surface area contributed by atoms with Crippen molar-refractivity contribution in [1.29, 1.82) is 0 Å². The Morgan fingerprint density at radius 2 is 1.35 bits per heavy atom. The molecule has 17 heavy (non-hydrogen) atoms. The third-order valence-electron chi connectivity index (χ3n) is 1.35. The van der Waals surface area contributed by atoms with Crippen LogP contribution in [0.2, 0.25) is 0 Å². The zero-order valence-corrected chi connectivity index (χ0v) is 10.5. The van der Waals surface area contributed by atoms with Gasteiger partial charge < -0.3 is 0 Å². The third-order valence-corrected chi connectivity index (χ3v) is 1.35. The molecule has 0 N–H and O–H groups in total. The van der Waals surface area contributed by atoms with Crippen LogP contribution in [0.4, 0.5) is 0 Å². The van der Waals surface area contributed by atoms with E-state index in [4.69, 9.17) is 14.0 Å². The fraction of sp³-hybridized carbons (Fsp3) is 0.154. The Kier molecular flexibility index (Phi) is 35.1. The van der Waals surface area contributed by atoms with Crippen molar-refractivity contribution < 1.29 is 31.0 Å². The van der Waals surface area contributed by atoms with Crippen molar-refractivity contribution in [3.8, 4) is 0 Å². The van der Waals surface area contributed by atoms with Gasteiger partial charge in [-0.2, -0.15) is 0 Å². The Morgan fingerprint density at radius 3 is 1.65 bits per heavy atom. The van der Waals surface area contributed by atoms with Crippen LogP contribution in [0.25, 0.3) is 0 Å². The van der Waals surface area contributed by atoms with E-state index in [1.165, 1.54) is 11.1 Å². The van der Waals surface area contributed by atoms with Crippen LogP contribution in [0.1, 0.15) is 12.5 Å². The number of benzene rings is 1. The molecule has 0 bridgehead atoms. The normalized spacial score (nSPS) is 5.82. The predicted molar refractivity (Wildman–Crippen MR) is 56.7 cm³/mol. The van der Waals surface area contributed by atoms with Crippen molar-refractivity contribution in [2.75, 3.05) is 0 Å². The third kappa shape index (κ3) is 20.7. The van der Waals surface area contributed by atoms with E-state index in [-0.39, 0.29) is 17.1 Å². The maximum absolute atomic E-state index is 7.50. The summed E-state index contributed by atoms with van der Waals surface area (Å²) in [4.78, 5) is 0. The number of rotatable bonds is 2. The largest absolute Gasteiger partial charge is 0 e. The van der Waals surface area contributed by atoms with Gasteiger partial charge in [-0.05, 0) is 18.9 Å². The van der Waals surface area contributed by atoms with Gasteiger partial charge in [-0.3, -0.25) is 0 Å². The fourth-order valence-electron chi connectivity index (χ4n) is 0.944. The Morgan fingerprint density at radius 1 is 1.00 bits per heavy atom. The second-order valence-electron chi connectivity index (χ2n) is 2.62. The fourth-order valence-corrected chi connectivity index (χ4v) is 0.944. The average molecular weight is 272 g/mol. The molecule has 0 aliphatic carbocycles. The van der Waals surface area contributed by atoms with E-state index in [0.29, 0.717) is 0 Å². The molecule has 4 heteroatoms. The molecule has 0 atom stereocenters. The molecule has 0 fully saturated rings. The number of hydrogen-bond donors (Lipinski definition) is 0. The van der Waals surface area contributed by atoms with Gasteiger partial charge in [0, 0.05) is 17.1 Å². The van der Waals surface area contributed by atoms with E-state index < -0.39 is 0 Å². The van der Waals surface area contributed by atoms with E-state index in [2.05, 4.69) is 50.8 Å². The van der Waals surface area contributed by atoms with Crippen LogP contribution in [0.5, 0.6) is 0 Å². The molecule has 0 aliphatic rings. The Hall–Kier alpha value is -1.30. The van der Waals surface area contributed by atoms with Crippen LogP contribution in [0.15, 0.2) is 42.5 Å². The van der Waals surface area contributed by atoms with Crippen molar-refractivity contribution in [2.24, 2.45) is 0 Å². The van der Waals surface area contributed by atoms with Crippen LogP contribution in [0, 0.1) is 20.0 Å². The van der Waals surface area contributed by atoms with Gasteiger partial charge in [0.1, 0.15) is 0 Å². The summed E-state index contributed by atoms with van der Waals surface area (Å²) in [7, 11) is 0. The van der Waals surface area contributed by atoms with Crippen molar-refractivity contribution >= 4 is 0 Å². The van der Waals surface area contributed by atoms with E-state index in [0.717, 1.165) is 6.42 Å². The summed E-state index contributed by atoms with van der Waals surface area (Å²) in [6.45, 7) is 19.4. The van der Waals surface area contributed by atoms with Crippen LogP contribution in [-0.2, 0) is 37.4 Å². The minimum absolute atomic E-state index is 0. The summed E-state index contributed by atoms with van der Waals surface area (Å²) in [5, 5.41) is 0. The molecule has 0 amide bonds. The van der Waals surface area contributed by atoms with E-state index in [9.17, 15) is 0 Å². The van der Waals surface area contributed by atoms with Crippen LogP contribution < -0.4 is 0 Å². The van der Waals surface area contributed by atoms with Gasteiger partial charge in [0.05, 0.1) is 0 Å².